The Morgan fingerprint density at radius 1 is 1.08 bits per heavy atom. The van der Waals surface area contributed by atoms with Gasteiger partial charge in [0.25, 0.3) is 0 Å². The van der Waals surface area contributed by atoms with Crippen LogP contribution in [0, 0.1) is 0 Å². The lowest BCUT2D eigenvalue weighted by Gasteiger charge is -2.13. The monoisotopic (exact) mass is 185 g/mol. The fraction of sp³-hybridized carbons (Fsp3) is 0.909. The number of amides is 1. The third-order valence-corrected chi connectivity index (χ3v) is 2.26. The maximum atomic E-state index is 10.7. The van der Waals surface area contributed by atoms with Gasteiger partial charge in [-0.3, -0.25) is 4.79 Å². The summed E-state index contributed by atoms with van der Waals surface area (Å²) in [5, 5.41) is 2.98. The van der Waals surface area contributed by atoms with Crippen molar-refractivity contribution in [2.75, 3.05) is 0 Å². The van der Waals surface area contributed by atoms with Crippen molar-refractivity contribution >= 4 is 5.91 Å². The van der Waals surface area contributed by atoms with Crippen LogP contribution in [0.3, 0.4) is 0 Å². The van der Waals surface area contributed by atoms with Gasteiger partial charge < -0.3 is 5.32 Å². The Morgan fingerprint density at radius 2 is 1.54 bits per heavy atom. The summed E-state index contributed by atoms with van der Waals surface area (Å²) in [6.45, 7) is 5.60. The minimum atomic E-state index is 0.122. The van der Waals surface area contributed by atoms with Crippen molar-refractivity contribution in [3.63, 3.8) is 0 Å². The van der Waals surface area contributed by atoms with E-state index < -0.39 is 0 Å². The molecule has 0 saturated heterocycles. The van der Waals surface area contributed by atoms with Crippen molar-refractivity contribution in [1.82, 2.24) is 5.32 Å². The first-order valence-electron chi connectivity index (χ1n) is 5.56. The smallest absolute Gasteiger partial charge is 0.217 e. The molecule has 0 heterocycles. The predicted molar refractivity (Wildman–Crippen MR) is 56.7 cm³/mol. The summed E-state index contributed by atoms with van der Waals surface area (Å²) < 4.78 is 0. The number of carbonyl (C=O) groups excluding carboxylic acids is 1. The van der Waals surface area contributed by atoms with E-state index >= 15 is 0 Å². The van der Waals surface area contributed by atoms with Gasteiger partial charge in [-0.1, -0.05) is 39.5 Å². The quantitative estimate of drug-likeness (QED) is 0.625. The molecule has 78 valence electrons. The maximum Gasteiger partial charge on any atom is 0.217 e. The summed E-state index contributed by atoms with van der Waals surface area (Å²) in [7, 11) is 0. The summed E-state index contributed by atoms with van der Waals surface area (Å²) in [4.78, 5) is 10.7. The highest BCUT2D eigenvalue weighted by molar-refractivity contribution is 5.73. The molecule has 0 spiro atoms. The molecule has 0 atom stereocenters. The summed E-state index contributed by atoms with van der Waals surface area (Å²) in [5.74, 6) is 0.122. The molecule has 1 fully saturated rings. The Kier molecular flexibility index (Phi) is 7.76. The predicted octanol–water partition coefficient (Wildman–Crippen LogP) is 2.87. The van der Waals surface area contributed by atoms with Gasteiger partial charge in [0.2, 0.25) is 5.91 Å². The first-order chi connectivity index (χ1) is 6.29. The number of hydrogen-bond acceptors (Lipinski definition) is 1. The second-order valence-corrected chi connectivity index (χ2v) is 3.39. The largest absolute Gasteiger partial charge is 0.354 e. The van der Waals surface area contributed by atoms with E-state index in [4.69, 9.17) is 0 Å². The highest BCUT2D eigenvalue weighted by Crippen LogP contribution is 2.16. The van der Waals surface area contributed by atoms with E-state index in [2.05, 4.69) is 5.32 Å². The van der Waals surface area contributed by atoms with Gasteiger partial charge in [-0.15, -0.1) is 0 Å². The maximum absolute atomic E-state index is 10.7. The van der Waals surface area contributed by atoms with Gasteiger partial charge >= 0.3 is 0 Å². The third kappa shape index (κ3) is 6.62. The molecule has 0 unspecified atom stereocenters. The van der Waals surface area contributed by atoms with Gasteiger partial charge in [0.1, 0.15) is 0 Å². The van der Waals surface area contributed by atoms with Gasteiger partial charge in [-0.2, -0.15) is 0 Å². The van der Waals surface area contributed by atoms with Crippen LogP contribution < -0.4 is 5.32 Å². The van der Waals surface area contributed by atoms with Crippen LogP contribution in [-0.4, -0.2) is 11.9 Å². The molecule has 1 aliphatic carbocycles. The fourth-order valence-electron chi connectivity index (χ4n) is 1.71. The summed E-state index contributed by atoms with van der Waals surface area (Å²) >= 11 is 0. The summed E-state index contributed by atoms with van der Waals surface area (Å²) in [6.07, 6.45) is 7.61. The first kappa shape index (κ1) is 12.5. The van der Waals surface area contributed by atoms with E-state index in [1.807, 2.05) is 13.8 Å². The molecule has 1 amide bonds. The van der Waals surface area contributed by atoms with Crippen LogP contribution in [0.4, 0.5) is 0 Å². The zero-order chi connectivity index (χ0) is 10.1. The number of rotatable bonds is 1. The minimum absolute atomic E-state index is 0.122. The molecule has 1 saturated carbocycles. The standard InChI is InChI=1S/C9H17NO.C2H6/c1-8(11)10-9-6-4-2-3-5-7-9;1-2/h9H,2-7H2,1H3,(H,10,11);1-2H3. The molecule has 13 heavy (non-hydrogen) atoms. The number of hydrogen-bond donors (Lipinski definition) is 1. The van der Waals surface area contributed by atoms with E-state index in [-0.39, 0.29) is 5.91 Å². The Hall–Kier alpha value is -0.530. The van der Waals surface area contributed by atoms with Gasteiger partial charge in [0.15, 0.2) is 0 Å². The average molecular weight is 185 g/mol. The molecule has 2 nitrogen and oxygen atoms in total. The molecule has 0 radical (unpaired) electrons. The van der Waals surface area contributed by atoms with Gasteiger partial charge in [0.05, 0.1) is 0 Å². The van der Waals surface area contributed by atoms with Crippen molar-refractivity contribution in [1.29, 1.82) is 0 Å². The summed E-state index contributed by atoms with van der Waals surface area (Å²) in [6, 6.07) is 0.468. The Balaban J connectivity index is 0.000000671. The summed E-state index contributed by atoms with van der Waals surface area (Å²) in [5.41, 5.74) is 0. The topological polar surface area (TPSA) is 29.1 Å². The van der Waals surface area contributed by atoms with Crippen LogP contribution in [0.5, 0.6) is 0 Å². The lowest BCUT2D eigenvalue weighted by Crippen LogP contribution is -2.32. The van der Waals surface area contributed by atoms with Crippen molar-refractivity contribution in [2.45, 2.75) is 65.3 Å². The molecule has 0 bridgehead atoms. The second kappa shape index (κ2) is 8.09. The van der Waals surface area contributed by atoms with Crippen LogP contribution in [0.15, 0.2) is 0 Å². The zero-order valence-corrected chi connectivity index (χ0v) is 9.23. The van der Waals surface area contributed by atoms with Gasteiger partial charge in [0, 0.05) is 13.0 Å². The van der Waals surface area contributed by atoms with E-state index in [1.54, 1.807) is 6.92 Å². The molecular weight excluding hydrogens is 162 g/mol. The van der Waals surface area contributed by atoms with E-state index in [1.165, 1.54) is 38.5 Å². The Bertz CT molecular complexity index is 126. The fourth-order valence-corrected chi connectivity index (χ4v) is 1.71. The van der Waals surface area contributed by atoms with Crippen molar-refractivity contribution < 1.29 is 4.79 Å². The molecule has 2 heteroatoms. The molecular formula is C11H23NO. The molecule has 1 N–H and O–H groups in total. The van der Waals surface area contributed by atoms with E-state index in [0.29, 0.717) is 6.04 Å². The third-order valence-electron chi connectivity index (χ3n) is 2.26. The average Bonchev–Trinajstić information content (AvgIpc) is 2.36. The van der Waals surface area contributed by atoms with Crippen molar-refractivity contribution in [3.8, 4) is 0 Å². The Morgan fingerprint density at radius 3 is 1.92 bits per heavy atom. The molecule has 1 rings (SSSR count). The molecule has 0 aromatic rings. The molecule has 0 aromatic heterocycles. The van der Waals surface area contributed by atoms with Gasteiger partial charge in [-0.25, -0.2) is 0 Å². The van der Waals surface area contributed by atoms with Crippen LogP contribution in [0.1, 0.15) is 59.3 Å². The van der Waals surface area contributed by atoms with E-state index in [0.717, 1.165) is 0 Å². The zero-order valence-electron chi connectivity index (χ0n) is 9.23. The molecule has 1 aliphatic rings. The highest BCUT2D eigenvalue weighted by Gasteiger charge is 2.11. The van der Waals surface area contributed by atoms with Gasteiger partial charge in [-0.05, 0) is 12.8 Å². The highest BCUT2D eigenvalue weighted by atomic mass is 16.1. The van der Waals surface area contributed by atoms with E-state index in [9.17, 15) is 4.79 Å². The SMILES string of the molecule is CC.CC(=O)NC1CCCCCC1. The number of nitrogens with one attached hydrogen (secondary N) is 1. The first-order valence-corrected chi connectivity index (χ1v) is 5.56. The molecule has 0 aromatic carbocycles. The van der Waals surface area contributed by atoms with Crippen LogP contribution in [0.25, 0.3) is 0 Å². The minimum Gasteiger partial charge on any atom is -0.354 e. The number of carbonyl (C=O) groups is 1. The second-order valence-electron chi connectivity index (χ2n) is 3.39. The van der Waals surface area contributed by atoms with Crippen LogP contribution >= 0.6 is 0 Å². The van der Waals surface area contributed by atoms with Crippen LogP contribution in [-0.2, 0) is 4.79 Å². The lowest BCUT2D eigenvalue weighted by atomic mass is 10.1. The lowest BCUT2D eigenvalue weighted by molar-refractivity contribution is -0.119. The normalized spacial score (nSPS) is 18.1. The van der Waals surface area contributed by atoms with Crippen LogP contribution in [0.2, 0.25) is 0 Å². The molecule has 0 aliphatic heterocycles. The van der Waals surface area contributed by atoms with Crippen molar-refractivity contribution in [3.05, 3.63) is 0 Å². The Labute approximate surface area is 82.1 Å². The van der Waals surface area contributed by atoms with Crippen molar-refractivity contribution in [2.24, 2.45) is 0 Å².